The van der Waals surface area contributed by atoms with Crippen molar-refractivity contribution in [1.82, 2.24) is 5.32 Å². The molecule has 5 nitrogen and oxygen atoms in total. The number of halogens is 1. The van der Waals surface area contributed by atoms with Crippen molar-refractivity contribution < 1.29 is 19.4 Å². The topological polar surface area (TPSA) is 75.6 Å². The molecule has 6 heteroatoms. The van der Waals surface area contributed by atoms with Crippen LogP contribution in [0.1, 0.15) is 5.56 Å². The highest BCUT2D eigenvalue weighted by Gasteiger charge is 2.20. The maximum absolute atomic E-state index is 11.9. The molecule has 2 aromatic rings. The Morgan fingerprint density at radius 1 is 1.09 bits per heavy atom. The van der Waals surface area contributed by atoms with E-state index < -0.39 is 17.9 Å². The van der Waals surface area contributed by atoms with E-state index in [1.165, 1.54) is 0 Å². The third-order valence-electron chi connectivity index (χ3n) is 3.10. The highest BCUT2D eigenvalue weighted by atomic mass is 79.9. The van der Waals surface area contributed by atoms with Crippen LogP contribution >= 0.6 is 15.9 Å². The second-order valence-electron chi connectivity index (χ2n) is 4.89. The quantitative estimate of drug-likeness (QED) is 0.777. The van der Waals surface area contributed by atoms with Gasteiger partial charge in [-0.2, -0.15) is 0 Å². The number of rotatable bonds is 7. The number of nitrogens with one attached hydrogen (secondary N) is 1. The van der Waals surface area contributed by atoms with Crippen molar-refractivity contribution in [3.05, 3.63) is 64.6 Å². The van der Waals surface area contributed by atoms with Gasteiger partial charge < -0.3 is 15.2 Å². The predicted molar refractivity (Wildman–Crippen MR) is 89.3 cm³/mol. The van der Waals surface area contributed by atoms with E-state index >= 15 is 0 Å². The van der Waals surface area contributed by atoms with Crippen LogP contribution in [0.4, 0.5) is 0 Å². The monoisotopic (exact) mass is 377 g/mol. The second kappa shape index (κ2) is 8.33. The molecule has 1 amide bonds. The number of amides is 1. The molecule has 0 aliphatic heterocycles. The number of aliphatic carboxylic acids is 1. The van der Waals surface area contributed by atoms with Crippen LogP contribution in [0.5, 0.6) is 5.75 Å². The van der Waals surface area contributed by atoms with Crippen molar-refractivity contribution in [2.24, 2.45) is 0 Å². The van der Waals surface area contributed by atoms with E-state index in [1.807, 2.05) is 30.3 Å². The largest absolute Gasteiger partial charge is 0.484 e. The number of carboxylic acid groups (broad SMARTS) is 1. The van der Waals surface area contributed by atoms with E-state index in [4.69, 9.17) is 4.74 Å². The van der Waals surface area contributed by atoms with Crippen LogP contribution in [-0.2, 0) is 16.0 Å². The van der Waals surface area contributed by atoms with Gasteiger partial charge in [0.25, 0.3) is 5.91 Å². The summed E-state index contributed by atoms with van der Waals surface area (Å²) in [5.41, 5.74) is 0.842. The van der Waals surface area contributed by atoms with Gasteiger partial charge in [0.1, 0.15) is 11.8 Å². The molecule has 0 saturated heterocycles. The maximum Gasteiger partial charge on any atom is 0.326 e. The van der Waals surface area contributed by atoms with E-state index in [2.05, 4.69) is 21.2 Å². The van der Waals surface area contributed by atoms with Gasteiger partial charge in [-0.3, -0.25) is 4.79 Å². The second-order valence-corrected chi connectivity index (χ2v) is 5.81. The molecule has 0 aliphatic carbocycles. The van der Waals surface area contributed by atoms with Gasteiger partial charge in [-0.25, -0.2) is 4.79 Å². The molecule has 0 aromatic heterocycles. The van der Waals surface area contributed by atoms with Crippen LogP contribution in [0, 0.1) is 0 Å². The molecule has 1 atom stereocenters. The zero-order valence-electron chi connectivity index (χ0n) is 12.2. The summed E-state index contributed by atoms with van der Waals surface area (Å²) < 4.78 is 6.23. The number of hydrogen-bond donors (Lipinski definition) is 2. The summed E-state index contributed by atoms with van der Waals surface area (Å²) in [5.74, 6) is -1.01. The van der Waals surface area contributed by atoms with Gasteiger partial charge in [0.15, 0.2) is 6.61 Å². The highest BCUT2D eigenvalue weighted by molar-refractivity contribution is 9.10. The molecule has 0 radical (unpaired) electrons. The molecule has 0 fully saturated rings. The summed E-state index contributed by atoms with van der Waals surface area (Å²) >= 11 is 3.31. The van der Waals surface area contributed by atoms with Gasteiger partial charge in [-0.1, -0.05) is 46.3 Å². The molecule has 23 heavy (non-hydrogen) atoms. The summed E-state index contributed by atoms with van der Waals surface area (Å²) in [5, 5.41) is 11.7. The number of carbonyl (C=O) groups is 2. The van der Waals surface area contributed by atoms with Gasteiger partial charge in [0.05, 0.1) is 0 Å². The molecule has 120 valence electrons. The highest BCUT2D eigenvalue weighted by Crippen LogP contribution is 2.15. The van der Waals surface area contributed by atoms with Crippen LogP contribution < -0.4 is 10.1 Å². The van der Waals surface area contributed by atoms with E-state index in [9.17, 15) is 14.7 Å². The van der Waals surface area contributed by atoms with Gasteiger partial charge in [-0.05, 0) is 29.8 Å². The minimum Gasteiger partial charge on any atom is -0.484 e. The van der Waals surface area contributed by atoms with E-state index in [1.54, 1.807) is 24.3 Å². The Bertz CT molecular complexity index is 658. The summed E-state index contributed by atoms with van der Waals surface area (Å²) in [4.78, 5) is 23.2. The van der Waals surface area contributed by atoms with Crippen molar-refractivity contribution in [3.63, 3.8) is 0 Å². The fraction of sp³-hybridized carbons (Fsp3) is 0.176. The van der Waals surface area contributed by atoms with Crippen LogP contribution in [0.3, 0.4) is 0 Å². The molecule has 2 N–H and O–H groups in total. The molecule has 0 heterocycles. The lowest BCUT2D eigenvalue weighted by atomic mass is 10.1. The Morgan fingerprint density at radius 3 is 2.35 bits per heavy atom. The van der Waals surface area contributed by atoms with Crippen molar-refractivity contribution in [2.45, 2.75) is 12.5 Å². The fourth-order valence-corrected chi connectivity index (χ4v) is 2.23. The first-order chi connectivity index (χ1) is 11.0. The molecular formula is C17H16BrNO4. The maximum atomic E-state index is 11.9. The first-order valence-electron chi connectivity index (χ1n) is 6.99. The zero-order valence-corrected chi connectivity index (χ0v) is 13.8. The Balaban J connectivity index is 1.88. The third-order valence-corrected chi connectivity index (χ3v) is 3.63. The summed E-state index contributed by atoms with van der Waals surface area (Å²) in [6.07, 6.45) is 0.222. The van der Waals surface area contributed by atoms with Crippen LogP contribution in [0.25, 0.3) is 0 Å². The minimum absolute atomic E-state index is 0.222. The van der Waals surface area contributed by atoms with Gasteiger partial charge in [0, 0.05) is 10.9 Å². The van der Waals surface area contributed by atoms with Crippen LogP contribution in [-0.4, -0.2) is 29.6 Å². The molecule has 2 rings (SSSR count). The smallest absolute Gasteiger partial charge is 0.326 e. The molecule has 0 spiro atoms. The summed E-state index contributed by atoms with van der Waals surface area (Å²) in [6.45, 7) is -0.236. The van der Waals surface area contributed by atoms with Crippen molar-refractivity contribution in [2.75, 3.05) is 6.61 Å². The lowest BCUT2D eigenvalue weighted by Gasteiger charge is -2.15. The number of carbonyl (C=O) groups excluding carboxylic acids is 1. The van der Waals surface area contributed by atoms with E-state index in [-0.39, 0.29) is 13.0 Å². The lowest BCUT2D eigenvalue weighted by Crippen LogP contribution is -2.44. The number of benzene rings is 2. The van der Waals surface area contributed by atoms with Gasteiger partial charge >= 0.3 is 5.97 Å². The first-order valence-corrected chi connectivity index (χ1v) is 7.78. The molecule has 0 aliphatic rings. The fourth-order valence-electron chi connectivity index (χ4n) is 1.97. The summed E-state index contributed by atoms with van der Waals surface area (Å²) in [6, 6.07) is 15.2. The Hall–Kier alpha value is -2.34. The standard InChI is InChI=1S/C17H16BrNO4/c18-13-6-8-14(9-7-13)23-11-16(20)19-15(17(21)22)10-12-4-2-1-3-5-12/h1-9,15H,10-11H2,(H,19,20)(H,21,22)/t15-/m0/s1. The number of carboxylic acids is 1. The van der Waals surface area contributed by atoms with Gasteiger partial charge in [0.2, 0.25) is 0 Å². The van der Waals surface area contributed by atoms with Crippen LogP contribution in [0.2, 0.25) is 0 Å². The Labute approximate surface area is 142 Å². The lowest BCUT2D eigenvalue weighted by molar-refractivity contribution is -0.142. The van der Waals surface area contributed by atoms with Crippen molar-refractivity contribution in [3.8, 4) is 5.75 Å². The number of ether oxygens (including phenoxy) is 1. The summed E-state index contributed by atoms with van der Waals surface area (Å²) in [7, 11) is 0. The normalized spacial score (nSPS) is 11.5. The molecule has 0 bridgehead atoms. The third kappa shape index (κ3) is 5.75. The average Bonchev–Trinajstić information content (AvgIpc) is 2.54. The molecule has 2 aromatic carbocycles. The SMILES string of the molecule is O=C(COc1ccc(Br)cc1)N[C@@H](Cc1ccccc1)C(=O)O. The van der Waals surface area contributed by atoms with Crippen molar-refractivity contribution >= 4 is 27.8 Å². The molecule has 0 saturated carbocycles. The van der Waals surface area contributed by atoms with Crippen molar-refractivity contribution in [1.29, 1.82) is 0 Å². The first kappa shape index (κ1) is 17.0. The minimum atomic E-state index is -1.08. The predicted octanol–water partition coefficient (Wildman–Crippen LogP) is 2.64. The molecule has 0 unspecified atom stereocenters. The number of hydrogen-bond acceptors (Lipinski definition) is 3. The molecular weight excluding hydrogens is 362 g/mol. The van der Waals surface area contributed by atoms with Crippen LogP contribution in [0.15, 0.2) is 59.1 Å². The Morgan fingerprint density at radius 2 is 1.74 bits per heavy atom. The van der Waals surface area contributed by atoms with E-state index in [0.29, 0.717) is 5.75 Å². The zero-order chi connectivity index (χ0) is 16.7. The van der Waals surface area contributed by atoms with Gasteiger partial charge in [-0.15, -0.1) is 0 Å². The Kier molecular flexibility index (Phi) is 6.17. The average molecular weight is 378 g/mol. The van der Waals surface area contributed by atoms with E-state index in [0.717, 1.165) is 10.0 Å².